The molecule has 0 aliphatic heterocycles. The Morgan fingerprint density at radius 3 is 1.90 bits per heavy atom. The Kier molecular flexibility index (Phi) is 3.40. The van der Waals surface area contributed by atoms with Gasteiger partial charge in [0.15, 0.2) is 6.20 Å². The zero-order valence-electron chi connectivity index (χ0n) is 12.1. The SMILES string of the molecule is Cc1ccc(-c2ncc[n+]([O-])c2-c2ccc(C)cc2)cc1. The minimum Gasteiger partial charge on any atom is -0.618 e. The van der Waals surface area contributed by atoms with Crippen LogP contribution in [0, 0.1) is 19.1 Å². The molecule has 3 rings (SSSR count). The van der Waals surface area contributed by atoms with Crippen molar-refractivity contribution in [3.63, 3.8) is 0 Å². The molecule has 21 heavy (non-hydrogen) atoms. The van der Waals surface area contributed by atoms with Crippen LogP contribution in [0.15, 0.2) is 60.9 Å². The van der Waals surface area contributed by atoms with Crippen LogP contribution in [0.1, 0.15) is 11.1 Å². The predicted octanol–water partition coefficient (Wildman–Crippen LogP) is 3.67. The quantitative estimate of drug-likeness (QED) is 0.529. The topological polar surface area (TPSA) is 39.8 Å². The largest absolute Gasteiger partial charge is 0.618 e. The summed E-state index contributed by atoms with van der Waals surface area (Å²) in [5.74, 6) is 0. The Morgan fingerprint density at radius 1 is 0.810 bits per heavy atom. The van der Waals surface area contributed by atoms with Gasteiger partial charge in [-0.1, -0.05) is 47.5 Å². The van der Waals surface area contributed by atoms with E-state index in [1.807, 2.05) is 62.4 Å². The molecule has 0 spiro atoms. The molecule has 3 aromatic rings. The van der Waals surface area contributed by atoms with Crippen LogP contribution in [0.2, 0.25) is 0 Å². The first-order chi connectivity index (χ1) is 10.1. The molecule has 1 heterocycles. The number of aryl methyl sites for hydroxylation is 2. The van der Waals surface area contributed by atoms with E-state index in [9.17, 15) is 5.21 Å². The highest BCUT2D eigenvalue weighted by molar-refractivity contribution is 5.75. The van der Waals surface area contributed by atoms with Gasteiger partial charge in [-0.15, -0.1) is 0 Å². The summed E-state index contributed by atoms with van der Waals surface area (Å²) in [6.45, 7) is 4.07. The molecule has 3 nitrogen and oxygen atoms in total. The summed E-state index contributed by atoms with van der Waals surface area (Å²) in [6.07, 6.45) is 2.98. The van der Waals surface area contributed by atoms with Gasteiger partial charge in [-0.3, -0.25) is 0 Å². The van der Waals surface area contributed by atoms with Gasteiger partial charge in [0, 0.05) is 11.1 Å². The van der Waals surface area contributed by atoms with E-state index in [1.165, 1.54) is 11.8 Å². The highest BCUT2D eigenvalue weighted by Gasteiger charge is 2.17. The van der Waals surface area contributed by atoms with Crippen LogP contribution < -0.4 is 4.73 Å². The number of hydrogen-bond acceptors (Lipinski definition) is 2. The molecule has 0 aliphatic rings. The van der Waals surface area contributed by atoms with Crippen molar-refractivity contribution in [1.82, 2.24) is 4.98 Å². The zero-order valence-corrected chi connectivity index (χ0v) is 12.1. The normalized spacial score (nSPS) is 10.6. The Labute approximate surface area is 124 Å². The predicted molar refractivity (Wildman–Crippen MR) is 83.5 cm³/mol. The molecule has 1 aromatic heterocycles. The standard InChI is InChI=1S/C18H16N2O/c1-13-3-7-15(8-4-13)17-18(20(21)12-11-19-17)16-9-5-14(2)6-10-16/h3-12H,1-2H3. The maximum absolute atomic E-state index is 12.2. The van der Waals surface area contributed by atoms with Gasteiger partial charge in [0.2, 0.25) is 5.69 Å². The summed E-state index contributed by atoms with van der Waals surface area (Å²) in [7, 11) is 0. The lowest BCUT2D eigenvalue weighted by Crippen LogP contribution is -2.29. The second-order valence-electron chi connectivity index (χ2n) is 5.18. The van der Waals surface area contributed by atoms with E-state index < -0.39 is 0 Å². The average Bonchev–Trinajstić information content (AvgIpc) is 2.49. The van der Waals surface area contributed by atoms with E-state index in [0.29, 0.717) is 11.4 Å². The zero-order chi connectivity index (χ0) is 14.8. The highest BCUT2D eigenvalue weighted by Crippen LogP contribution is 2.27. The number of benzene rings is 2. The van der Waals surface area contributed by atoms with Crippen LogP contribution in [-0.4, -0.2) is 4.98 Å². The Bertz CT molecular complexity index is 762. The van der Waals surface area contributed by atoms with E-state index in [2.05, 4.69) is 4.98 Å². The van der Waals surface area contributed by atoms with Crippen LogP contribution in [-0.2, 0) is 0 Å². The molecule has 0 amide bonds. The molecule has 0 bridgehead atoms. The van der Waals surface area contributed by atoms with Gasteiger partial charge >= 0.3 is 0 Å². The maximum atomic E-state index is 12.2. The monoisotopic (exact) mass is 276 g/mol. The molecule has 0 radical (unpaired) electrons. The van der Waals surface area contributed by atoms with Crippen molar-refractivity contribution < 1.29 is 4.73 Å². The minimum atomic E-state index is 0.585. The van der Waals surface area contributed by atoms with Gasteiger partial charge in [-0.2, -0.15) is 4.73 Å². The Hall–Kier alpha value is -2.68. The lowest BCUT2D eigenvalue weighted by molar-refractivity contribution is -0.593. The molecule has 3 heteroatoms. The third-order valence-electron chi connectivity index (χ3n) is 3.50. The van der Waals surface area contributed by atoms with Crippen molar-refractivity contribution in [3.8, 4) is 22.5 Å². The lowest BCUT2D eigenvalue weighted by atomic mass is 10.0. The van der Waals surface area contributed by atoms with Crippen LogP contribution in [0.4, 0.5) is 0 Å². The number of aromatic nitrogens is 2. The van der Waals surface area contributed by atoms with Gasteiger partial charge in [0.1, 0.15) is 5.69 Å². The van der Waals surface area contributed by atoms with Crippen LogP contribution in [0.25, 0.3) is 22.5 Å². The van der Waals surface area contributed by atoms with Gasteiger partial charge in [0.05, 0.1) is 6.20 Å². The molecule has 0 unspecified atom stereocenters. The molecule has 0 saturated heterocycles. The van der Waals surface area contributed by atoms with Crippen molar-refractivity contribution in [2.24, 2.45) is 0 Å². The van der Waals surface area contributed by atoms with Crippen molar-refractivity contribution in [2.75, 3.05) is 0 Å². The highest BCUT2D eigenvalue weighted by atomic mass is 16.5. The Balaban J connectivity index is 2.20. The van der Waals surface area contributed by atoms with E-state index >= 15 is 0 Å². The third kappa shape index (κ3) is 2.63. The summed E-state index contributed by atoms with van der Waals surface area (Å²) in [5.41, 5.74) is 5.46. The molecular formula is C18H16N2O. The van der Waals surface area contributed by atoms with Crippen LogP contribution in [0.5, 0.6) is 0 Å². The van der Waals surface area contributed by atoms with E-state index in [-0.39, 0.29) is 0 Å². The third-order valence-corrected chi connectivity index (χ3v) is 3.50. The number of nitrogens with zero attached hydrogens (tertiary/aromatic N) is 2. The van der Waals surface area contributed by atoms with Gasteiger partial charge < -0.3 is 5.21 Å². The minimum absolute atomic E-state index is 0.585. The lowest BCUT2D eigenvalue weighted by Gasteiger charge is -2.09. The van der Waals surface area contributed by atoms with E-state index in [0.717, 1.165) is 21.4 Å². The summed E-state index contributed by atoms with van der Waals surface area (Å²) in [4.78, 5) is 4.42. The molecule has 104 valence electrons. The fourth-order valence-electron chi connectivity index (χ4n) is 2.31. The molecule has 0 atom stereocenters. The molecule has 0 N–H and O–H groups in total. The van der Waals surface area contributed by atoms with Crippen molar-refractivity contribution in [2.45, 2.75) is 13.8 Å². The summed E-state index contributed by atoms with van der Waals surface area (Å²) in [5, 5.41) is 12.2. The maximum Gasteiger partial charge on any atom is 0.250 e. The smallest absolute Gasteiger partial charge is 0.250 e. The first-order valence-electron chi connectivity index (χ1n) is 6.87. The molecule has 0 fully saturated rings. The number of hydrogen-bond donors (Lipinski definition) is 0. The Morgan fingerprint density at radius 2 is 1.33 bits per heavy atom. The van der Waals surface area contributed by atoms with Gasteiger partial charge in [0.25, 0.3) is 0 Å². The molecule has 0 saturated carbocycles. The van der Waals surface area contributed by atoms with E-state index in [1.54, 1.807) is 6.20 Å². The fraction of sp³-hybridized carbons (Fsp3) is 0.111. The summed E-state index contributed by atoms with van der Waals surface area (Å²) in [6, 6.07) is 16.0. The second kappa shape index (κ2) is 5.37. The fourth-order valence-corrected chi connectivity index (χ4v) is 2.31. The first-order valence-corrected chi connectivity index (χ1v) is 6.87. The van der Waals surface area contributed by atoms with Crippen LogP contribution >= 0.6 is 0 Å². The van der Waals surface area contributed by atoms with E-state index in [4.69, 9.17) is 0 Å². The average molecular weight is 276 g/mol. The van der Waals surface area contributed by atoms with Gasteiger partial charge in [-0.25, -0.2) is 4.98 Å². The van der Waals surface area contributed by atoms with Crippen molar-refractivity contribution in [1.29, 1.82) is 0 Å². The molecular weight excluding hydrogens is 260 g/mol. The second-order valence-corrected chi connectivity index (χ2v) is 5.18. The van der Waals surface area contributed by atoms with Crippen molar-refractivity contribution in [3.05, 3.63) is 77.3 Å². The van der Waals surface area contributed by atoms with Crippen LogP contribution in [0.3, 0.4) is 0 Å². The van der Waals surface area contributed by atoms with Crippen molar-refractivity contribution >= 4 is 0 Å². The molecule has 2 aromatic carbocycles. The first kappa shape index (κ1) is 13.3. The summed E-state index contributed by atoms with van der Waals surface area (Å²) >= 11 is 0. The van der Waals surface area contributed by atoms with Gasteiger partial charge in [-0.05, 0) is 26.0 Å². The molecule has 0 aliphatic carbocycles. The summed E-state index contributed by atoms with van der Waals surface area (Å²) < 4.78 is 0.882. The number of rotatable bonds is 2.